The summed E-state index contributed by atoms with van der Waals surface area (Å²) in [5.74, 6) is 1.10. The van der Waals surface area contributed by atoms with E-state index in [1.807, 2.05) is 31.2 Å². The largest absolute Gasteiger partial charge is 0.424 e. The molecule has 0 saturated carbocycles. The normalized spacial score (nSPS) is 12.6. The third-order valence-corrected chi connectivity index (χ3v) is 2.66. The van der Waals surface area contributed by atoms with Gasteiger partial charge in [0, 0.05) is 11.4 Å². The van der Waals surface area contributed by atoms with Gasteiger partial charge in [0.1, 0.15) is 0 Å². The van der Waals surface area contributed by atoms with Crippen molar-refractivity contribution in [3.05, 3.63) is 46.6 Å². The highest BCUT2D eigenvalue weighted by molar-refractivity contribution is 6.30. The van der Waals surface area contributed by atoms with Crippen LogP contribution in [0.15, 0.2) is 28.7 Å². The van der Waals surface area contributed by atoms with Gasteiger partial charge in [0.25, 0.3) is 0 Å². The first-order chi connectivity index (χ1) is 8.15. The number of nitrogens with zero attached hydrogens (tertiary/aromatic N) is 2. The summed E-state index contributed by atoms with van der Waals surface area (Å²) in [6.07, 6.45) is 1.55. The van der Waals surface area contributed by atoms with E-state index < -0.39 is 0 Å². The fraction of sp³-hybridized carbons (Fsp3) is 0.333. The van der Waals surface area contributed by atoms with Crippen molar-refractivity contribution in [2.45, 2.75) is 25.8 Å². The van der Waals surface area contributed by atoms with Crippen LogP contribution in [0.4, 0.5) is 0 Å². The van der Waals surface area contributed by atoms with Crippen LogP contribution >= 0.6 is 11.6 Å². The summed E-state index contributed by atoms with van der Waals surface area (Å²) < 4.78 is 5.42. The number of hydrogen-bond acceptors (Lipinski definition) is 4. The summed E-state index contributed by atoms with van der Waals surface area (Å²) in [6, 6.07) is 7.51. The molecular formula is C12H14ClN3O. The molecule has 17 heavy (non-hydrogen) atoms. The molecule has 1 atom stereocenters. The highest BCUT2D eigenvalue weighted by atomic mass is 35.5. The standard InChI is InChI=1S/C12H14ClN3O/c1-8(14)12-16-15-11(17-12)7-4-9-2-5-10(13)6-3-9/h2-3,5-6,8H,4,7,14H2,1H3. The van der Waals surface area contributed by atoms with Gasteiger partial charge in [0.2, 0.25) is 11.8 Å². The minimum absolute atomic E-state index is 0.216. The molecule has 1 aromatic heterocycles. The van der Waals surface area contributed by atoms with Gasteiger partial charge in [-0.1, -0.05) is 23.7 Å². The van der Waals surface area contributed by atoms with Gasteiger partial charge in [0.05, 0.1) is 6.04 Å². The van der Waals surface area contributed by atoms with Crippen molar-refractivity contribution in [2.24, 2.45) is 5.73 Å². The van der Waals surface area contributed by atoms with E-state index in [-0.39, 0.29) is 6.04 Å². The number of aromatic nitrogens is 2. The zero-order chi connectivity index (χ0) is 12.3. The fourth-order valence-electron chi connectivity index (χ4n) is 1.45. The summed E-state index contributed by atoms with van der Waals surface area (Å²) in [6.45, 7) is 1.82. The van der Waals surface area contributed by atoms with Crippen molar-refractivity contribution in [2.75, 3.05) is 0 Å². The molecule has 0 saturated heterocycles. The minimum Gasteiger partial charge on any atom is -0.424 e. The summed E-state index contributed by atoms with van der Waals surface area (Å²) in [5, 5.41) is 8.57. The zero-order valence-corrected chi connectivity index (χ0v) is 10.3. The molecule has 0 bridgehead atoms. The second-order valence-electron chi connectivity index (χ2n) is 3.95. The highest BCUT2D eigenvalue weighted by Crippen LogP contribution is 2.13. The van der Waals surface area contributed by atoms with Gasteiger partial charge < -0.3 is 10.2 Å². The molecule has 2 N–H and O–H groups in total. The van der Waals surface area contributed by atoms with Gasteiger partial charge in [-0.25, -0.2) is 0 Å². The quantitative estimate of drug-likeness (QED) is 0.907. The molecule has 0 aliphatic rings. The van der Waals surface area contributed by atoms with E-state index in [2.05, 4.69) is 10.2 Å². The van der Waals surface area contributed by atoms with Crippen molar-refractivity contribution in [3.8, 4) is 0 Å². The van der Waals surface area contributed by atoms with Crippen LogP contribution in [0, 0.1) is 0 Å². The highest BCUT2D eigenvalue weighted by Gasteiger charge is 2.09. The van der Waals surface area contributed by atoms with Crippen LogP contribution in [0.1, 0.15) is 30.3 Å². The maximum atomic E-state index is 5.81. The first kappa shape index (κ1) is 12.1. The Morgan fingerprint density at radius 1 is 1.24 bits per heavy atom. The van der Waals surface area contributed by atoms with E-state index in [0.717, 1.165) is 11.4 Å². The van der Waals surface area contributed by atoms with Gasteiger partial charge in [-0.05, 0) is 31.0 Å². The second-order valence-corrected chi connectivity index (χ2v) is 4.39. The Morgan fingerprint density at radius 3 is 2.53 bits per heavy atom. The first-order valence-corrected chi connectivity index (χ1v) is 5.85. The summed E-state index contributed by atoms with van der Waals surface area (Å²) in [7, 11) is 0. The van der Waals surface area contributed by atoms with Crippen LogP contribution in [-0.2, 0) is 12.8 Å². The van der Waals surface area contributed by atoms with Crippen LogP contribution in [-0.4, -0.2) is 10.2 Å². The van der Waals surface area contributed by atoms with Gasteiger partial charge >= 0.3 is 0 Å². The Labute approximate surface area is 105 Å². The van der Waals surface area contributed by atoms with Crippen LogP contribution in [0.3, 0.4) is 0 Å². The molecule has 0 aliphatic carbocycles. The predicted molar refractivity (Wildman–Crippen MR) is 65.8 cm³/mol. The average Bonchev–Trinajstić information content (AvgIpc) is 2.77. The molecule has 0 radical (unpaired) electrons. The lowest BCUT2D eigenvalue weighted by molar-refractivity contribution is 0.426. The third-order valence-electron chi connectivity index (χ3n) is 2.41. The molecule has 0 aliphatic heterocycles. The van der Waals surface area contributed by atoms with Gasteiger partial charge in [-0.15, -0.1) is 10.2 Å². The molecular weight excluding hydrogens is 238 g/mol. The van der Waals surface area contributed by atoms with Crippen molar-refractivity contribution < 1.29 is 4.42 Å². The smallest absolute Gasteiger partial charge is 0.232 e. The maximum absolute atomic E-state index is 5.81. The molecule has 0 spiro atoms. The Morgan fingerprint density at radius 2 is 1.94 bits per heavy atom. The number of halogens is 1. The Balaban J connectivity index is 1.95. The van der Waals surface area contributed by atoms with E-state index in [4.69, 9.17) is 21.8 Å². The number of rotatable bonds is 4. The molecule has 2 rings (SSSR count). The van der Waals surface area contributed by atoms with Gasteiger partial charge in [0.15, 0.2) is 0 Å². The van der Waals surface area contributed by atoms with Crippen molar-refractivity contribution >= 4 is 11.6 Å². The molecule has 0 fully saturated rings. The molecule has 1 heterocycles. The lowest BCUT2D eigenvalue weighted by atomic mass is 10.1. The van der Waals surface area contributed by atoms with E-state index in [0.29, 0.717) is 18.2 Å². The monoisotopic (exact) mass is 251 g/mol. The summed E-state index contributed by atoms with van der Waals surface area (Å²) in [4.78, 5) is 0. The number of hydrogen-bond donors (Lipinski definition) is 1. The molecule has 1 unspecified atom stereocenters. The van der Waals surface area contributed by atoms with Crippen LogP contribution in [0.25, 0.3) is 0 Å². The molecule has 1 aromatic carbocycles. The lowest BCUT2D eigenvalue weighted by Crippen LogP contribution is -2.04. The first-order valence-electron chi connectivity index (χ1n) is 5.47. The van der Waals surface area contributed by atoms with Gasteiger partial charge in [-0.3, -0.25) is 0 Å². The Kier molecular flexibility index (Phi) is 3.76. The number of nitrogens with two attached hydrogens (primary N) is 1. The SMILES string of the molecule is CC(N)c1nnc(CCc2ccc(Cl)cc2)o1. The third kappa shape index (κ3) is 3.28. The molecule has 0 amide bonds. The van der Waals surface area contributed by atoms with E-state index in [9.17, 15) is 0 Å². The summed E-state index contributed by atoms with van der Waals surface area (Å²) in [5.41, 5.74) is 6.83. The minimum atomic E-state index is -0.216. The maximum Gasteiger partial charge on any atom is 0.232 e. The van der Waals surface area contributed by atoms with E-state index >= 15 is 0 Å². The Bertz CT molecular complexity index is 479. The average molecular weight is 252 g/mol. The van der Waals surface area contributed by atoms with E-state index in [1.165, 1.54) is 5.56 Å². The molecule has 5 heteroatoms. The van der Waals surface area contributed by atoms with Gasteiger partial charge in [-0.2, -0.15) is 0 Å². The molecule has 4 nitrogen and oxygen atoms in total. The molecule has 90 valence electrons. The van der Waals surface area contributed by atoms with E-state index in [1.54, 1.807) is 0 Å². The van der Waals surface area contributed by atoms with Crippen LogP contribution in [0.5, 0.6) is 0 Å². The van der Waals surface area contributed by atoms with Crippen molar-refractivity contribution in [1.29, 1.82) is 0 Å². The van der Waals surface area contributed by atoms with Crippen molar-refractivity contribution in [1.82, 2.24) is 10.2 Å². The van der Waals surface area contributed by atoms with Crippen LogP contribution < -0.4 is 5.73 Å². The van der Waals surface area contributed by atoms with Crippen LogP contribution in [0.2, 0.25) is 5.02 Å². The number of benzene rings is 1. The second kappa shape index (κ2) is 5.29. The van der Waals surface area contributed by atoms with Crippen molar-refractivity contribution in [3.63, 3.8) is 0 Å². The summed E-state index contributed by atoms with van der Waals surface area (Å²) >= 11 is 5.81. The lowest BCUT2D eigenvalue weighted by Gasteiger charge is -1.99. The molecule has 2 aromatic rings. The fourth-order valence-corrected chi connectivity index (χ4v) is 1.58. The topological polar surface area (TPSA) is 64.9 Å². The predicted octanol–water partition coefficient (Wildman–Crippen LogP) is 2.53. The zero-order valence-electron chi connectivity index (χ0n) is 9.56. The Hall–Kier alpha value is -1.39. The number of aryl methyl sites for hydroxylation is 2.